The normalized spacial score (nSPS) is 25.3. The SMILES string of the molecule is Cc1ccccc1C(=O)C(O)[C@H]1O[C@@H](O)[C@@](O)(C(=O)c2ccccc2C)[C@@]1(O)C(=O)c1ccccc1C.Cl. The lowest BCUT2D eigenvalue weighted by atomic mass is 9.69. The van der Waals surface area contributed by atoms with Crippen molar-refractivity contribution in [3.63, 3.8) is 0 Å². The molecule has 0 saturated carbocycles. The molecule has 200 valence electrons. The minimum Gasteiger partial charge on any atom is -0.382 e. The van der Waals surface area contributed by atoms with E-state index in [0.717, 1.165) is 0 Å². The predicted octanol–water partition coefficient (Wildman–Crippen LogP) is 2.52. The number of carbonyl (C=O) groups is 3. The van der Waals surface area contributed by atoms with E-state index in [4.69, 9.17) is 4.74 Å². The number of hydrogen-bond acceptors (Lipinski definition) is 8. The number of rotatable bonds is 7. The number of hydrogen-bond donors (Lipinski definition) is 4. The maximum absolute atomic E-state index is 13.9. The number of aliphatic hydroxyl groups excluding tert-OH is 2. The molecular weight excluding hydrogens is 512 g/mol. The van der Waals surface area contributed by atoms with Gasteiger partial charge in [0.05, 0.1) is 0 Å². The van der Waals surface area contributed by atoms with E-state index in [2.05, 4.69) is 0 Å². The number of Topliss-reactive ketones (excluding diaryl/α,β-unsaturated/α-hetero) is 3. The van der Waals surface area contributed by atoms with Crippen LogP contribution in [0.25, 0.3) is 0 Å². The van der Waals surface area contributed by atoms with Gasteiger partial charge in [-0.15, -0.1) is 12.4 Å². The van der Waals surface area contributed by atoms with Gasteiger partial charge in [-0.1, -0.05) is 72.8 Å². The van der Waals surface area contributed by atoms with Gasteiger partial charge in [0.15, 0.2) is 17.7 Å². The van der Waals surface area contributed by atoms with Crippen LogP contribution in [0.4, 0.5) is 0 Å². The topological polar surface area (TPSA) is 141 Å². The van der Waals surface area contributed by atoms with Crippen LogP contribution in [0.5, 0.6) is 0 Å². The molecule has 1 fully saturated rings. The van der Waals surface area contributed by atoms with Crippen molar-refractivity contribution in [2.24, 2.45) is 0 Å². The van der Waals surface area contributed by atoms with E-state index in [1.807, 2.05) is 0 Å². The summed E-state index contributed by atoms with van der Waals surface area (Å²) in [6.45, 7) is 4.79. The van der Waals surface area contributed by atoms with Crippen molar-refractivity contribution in [2.45, 2.75) is 50.5 Å². The molecule has 0 aromatic heterocycles. The second-order valence-electron chi connectivity index (χ2n) is 9.35. The zero-order chi connectivity index (χ0) is 27.1. The summed E-state index contributed by atoms with van der Waals surface area (Å²) in [7, 11) is 0. The molecule has 3 aromatic rings. The third-order valence-corrected chi connectivity index (χ3v) is 7.06. The Morgan fingerprint density at radius 2 is 1.08 bits per heavy atom. The molecule has 1 aliphatic rings. The zero-order valence-corrected chi connectivity index (χ0v) is 21.8. The largest absolute Gasteiger partial charge is 0.382 e. The van der Waals surface area contributed by atoms with Crippen molar-refractivity contribution >= 4 is 29.8 Å². The van der Waals surface area contributed by atoms with E-state index in [1.165, 1.54) is 30.3 Å². The first-order valence-corrected chi connectivity index (χ1v) is 11.7. The Balaban J connectivity index is 0.00000400. The second kappa shape index (κ2) is 10.9. The number of halogens is 1. The van der Waals surface area contributed by atoms with Crippen LogP contribution in [-0.4, -0.2) is 67.5 Å². The van der Waals surface area contributed by atoms with Crippen molar-refractivity contribution in [2.75, 3.05) is 0 Å². The summed E-state index contributed by atoms with van der Waals surface area (Å²) in [6, 6.07) is 18.5. The van der Waals surface area contributed by atoms with Crippen LogP contribution >= 0.6 is 12.4 Å². The third-order valence-electron chi connectivity index (χ3n) is 7.06. The summed E-state index contributed by atoms with van der Waals surface area (Å²) in [6.07, 6.45) is -6.84. The van der Waals surface area contributed by atoms with Crippen molar-refractivity contribution in [3.8, 4) is 0 Å². The minimum atomic E-state index is -3.25. The smallest absolute Gasteiger partial charge is 0.217 e. The van der Waals surface area contributed by atoms with Gasteiger partial charge in [-0.25, -0.2) is 0 Å². The van der Waals surface area contributed by atoms with Crippen LogP contribution < -0.4 is 0 Å². The monoisotopic (exact) mass is 540 g/mol. The molecule has 0 spiro atoms. The van der Waals surface area contributed by atoms with Gasteiger partial charge < -0.3 is 25.2 Å². The first kappa shape index (κ1) is 29.3. The predicted molar refractivity (Wildman–Crippen MR) is 141 cm³/mol. The number of aryl methyl sites for hydroxylation is 3. The fraction of sp³-hybridized carbons (Fsp3) is 0.276. The van der Waals surface area contributed by atoms with E-state index < -0.39 is 47.0 Å². The van der Waals surface area contributed by atoms with Crippen molar-refractivity contribution in [1.29, 1.82) is 0 Å². The van der Waals surface area contributed by atoms with Gasteiger partial charge in [0.25, 0.3) is 0 Å². The summed E-state index contributed by atoms with van der Waals surface area (Å²) < 4.78 is 5.34. The van der Waals surface area contributed by atoms with Crippen molar-refractivity contribution in [1.82, 2.24) is 0 Å². The molecule has 1 unspecified atom stereocenters. The lowest BCUT2D eigenvalue weighted by molar-refractivity contribution is -0.163. The molecule has 4 N–H and O–H groups in total. The van der Waals surface area contributed by atoms with Crippen molar-refractivity contribution in [3.05, 3.63) is 106 Å². The molecule has 38 heavy (non-hydrogen) atoms. The molecule has 0 amide bonds. The molecule has 1 aliphatic heterocycles. The molecule has 0 bridgehead atoms. The van der Waals surface area contributed by atoms with Crippen molar-refractivity contribution < 1.29 is 39.5 Å². The van der Waals surface area contributed by atoms with Gasteiger partial charge in [0.1, 0.15) is 12.2 Å². The Morgan fingerprint density at radius 1 is 0.711 bits per heavy atom. The maximum Gasteiger partial charge on any atom is 0.217 e. The number of carbonyl (C=O) groups excluding carboxylic acids is 3. The fourth-order valence-electron chi connectivity index (χ4n) is 4.84. The molecule has 1 saturated heterocycles. The first-order valence-electron chi connectivity index (χ1n) is 11.7. The van der Waals surface area contributed by atoms with E-state index in [0.29, 0.717) is 16.7 Å². The number of aliphatic hydroxyl groups is 4. The molecular formula is C29H29ClO8. The van der Waals surface area contributed by atoms with Crippen LogP contribution in [0.1, 0.15) is 47.8 Å². The van der Waals surface area contributed by atoms with Gasteiger partial charge >= 0.3 is 0 Å². The average molecular weight is 541 g/mol. The average Bonchev–Trinajstić information content (AvgIpc) is 3.10. The van der Waals surface area contributed by atoms with Gasteiger partial charge in [-0.3, -0.25) is 14.4 Å². The van der Waals surface area contributed by atoms with Crippen LogP contribution in [0.2, 0.25) is 0 Å². The second-order valence-corrected chi connectivity index (χ2v) is 9.35. The highest BCUT2D eigenvalue weighted by Gasteiger charge is 2.75. The van der Waals surface area contributed by atoms with Gasteiger partial charge in [0.2, 0.25) is 17.2 Å². The van der Waals surface area contributed by atoms with E-state index in [9.17, 15) is 34.8 Å². The quantitative estimate of drug-likeness (QED) is 0.335. The summed E-state index contributed by atoms with van der Waals surface area (Å²) in [5.41, 5.74) is -5.27. The third kappa shape index (κ3) is 4.39. The highest BCUT2D eigenvalue weighted by Crippen LogP contribution is 2.45. The lowest BCUT2D eigenvalue weighted by Crippen LogP contribution is -2.69. The first-order chi connectivity index (χ1) is 17.5. The summed E-state index contributed by atoms with van der Waals surface area (Å²) in [5.74, 6) is -3.30. The zero-order valence-electron chi connectivity index (χ0n) is 21.0. The molecule has 5 atom stereocenters. The van der Waals surface area contributed by atoms with E-state index in [-0.39, 0.29) is 29.1 Å². The Labute approximate surface area is 225 Å². The van der Waals surface area contributed by atoms with Gasteiger partial charge in [-0.05, 0) is 37.5 Å². The summed E-state index contributed by atoms with van der Waals surface area (Å²) in [5, 5.41) is 45.8. The molecule has 0 radical (unpaired) electrons. The highest BCUT2D eigenvalue weighted by molar-refractivity contribution is 6.14. The van der Waals surface area contributed by atoms with Crippen LogP contribution in [0, 0.1) is 20.8 Å². The number of benzene rings is 3. The molecule has 1 heterocycles. The Bertz CT molecular complexity index is 1390. The van der Waals surface area contributed by atoms with Gasteiger partial charge in [0, 0.05) is 16.7 Å². The summed E-state index contributed by atoms with van der Waals surface area (Å²) >= 11 is 0. The lowest BCUT2D eigenvalue weighted by Gasteiger charge is -2.38. The maximum atomic E-state index is 13.9. The Kier molecular flexibility index (Phi) is 8.38. The summed E-state index contributed by atoms with van der Waals surface area (Å²) in [4.78, 5) is 40.9. The van der Waals surface area contributed by atoms with Crippen LogP contribution in [-0.2, 0) is 4.74 Å². The Morgan fingerprint density at radius 3 is 1.50 bits per heavy atom. The Hall–Kier alpha value is -3.24. The molecule has 8 nitrogen and oxygen atoms in total. The molecule has 4 rings (SSSR count). The number of ketones is 3. The van der Waals surface area contributed by atoms with Gasteiger partial charge in [-0.2, -0.15) is 0 Å². The minimum absolute atomic E-state index is 0. The van der Waals surface area contributed by atoms with E-state index >= 15 is 0 Å². The number of ether oxygens (including phenoxy) is 1. The van der Waals surface area contributed by atoms with Crippen LogP contribution in [0.3, 0.4) is 0 Å². The standard InChI is InChI=1S/C29H28O8.ClH/c1-16-10-4-7-13-19(16)22(30)23(31)26-28(35,24(32)20-14-8-5-11-17(20)2)29(36,27(34)37-26)25(33)21-15-9-6-12-18(21)3;/h4-15,23,26-27,31,34-36H,1-3H3;1H/t23?,26-,27-,28-,29+;/m1./s1. The fourth-order valence-corrected chi connectivity index (χ4v) is 4.84. The van der Waals surface area contributed by atoms with Crippen LogP contribution in [0.15, 0.2) is 72.8 Å². The highest BCUT2D eigenvalue weighted by atomic mass is 35.5. The van der Waals surface area contributed by atoms with E-state index in [1.54, 1.807) is 63.2 Å². The molecule has 3 aromatic carbocycles. The molecule has 0 aliphatic carbocycles. The molecule has 9 heteroatoms.